The van der Waals surface area contributed by atoms with Gasteiger partial charge in [0.05, 0.1) is 5.97 Å². The molecule has 0 radical (unpaired) electrons. The fourth-order valence-electron chi connectivity index (χ4n) is 2.13. The van der Waals surface area contributed by atoms with E-state index >= 15 is 0 Å². The van der Waals surface area contributed by atoms with Gasteiger partial charge in [-0.1, -0.05) is 36.0 Å². The van der Waals surface area contributed by atoms with Crippen LogP contribution in [0.5, 0.6) is 0 Å². The summed E-state index contributed by atoms with van der Waals surface area (Å²) in [7, 11) is 0. The average Bonchev–Trinajstić information content (AvgIpc) is 2.53. The Kier molecular flexibility index (Phi) is 4.02. The fourth-order valence-corrected chi connectivity index (χ4v) is 2.82. The lowest BCUT2D eigenvalue weighted by Crippen LogP contribution is -2.24. The lowest BCUT2D eigenvalue weighted by atomic mass is 10.1. The number of carbonyl (C=O) groups excluding carboxylic acids is 1. The zero-order valence-corrected chi connectivity index (χ0v) is 12.1. The first-order valence-electron chi connectivity index (χ1n) is 6.49. The zero-order valence-electron chi connectivity index (χ0n) is 11.3. The van der Waals surface area contributed by atoms with Crippen molar-refractivity contribution in [2.24, 2.45) is 0 Å². The number of carbonyl (C=O) groups is 1. The molecule has 0 N–H and O–H groups in total. The van der Waals surface area contributed by atoms with Crippen molar-refractivity contribution < 1.29 is 14.3 Å². The van der Waals surface area contributed by atoms with Gasteiger partial charge in [0.2, 0.25) is 0 Å². The first-order valence-corrected chi connectivity index (χ1v) is 7.48. The highest BCUT2D eigenvalue weighted by atomic mass is 32.2. The summed E-state index contributed by atoms with van der Waals surface area (Å²) in [5.74, 6) is -1.66. The number of hydrogen-bond acceptors (Lipinski definition) is 5. The number of benzene rings is 2. The van der Waals surface area contributed by atoms with Crippen molar-refractivity contribution in [1.82, 2.24) is 10.2 Å². The molecule has 0 amide bonds. The van der Waals surface area contributed by atoms with Crippen LogP contribution in [0.2, 0.25) is 0 Å². The second-order valence-corrected chi connectivity index (χ2v) is 5.53. The Morgan fingerprint density at radius 2 is 1.73 bits per heavy atom. The highest BCUT2D eigenvalue weighted by molar-refractivity contribution is 8.00. The van der Waals surface area contributed by atoms with Crippen LogP contribution in [-0.4, -0.2) is 21.9 Å². The van der Waals surface area contributed by atoms with Crippen molar-refractivity contribution in [2.45, 2.75) is 5.03 Å². The summed E-state index contributed by atoms with van der Waals surface area (Å²) in [5, 5.41) is 21.1. The van der Waals surface area contributed by atoms with E-state index in [4.69, 9.17) is 0 Å². The van der Waals surface area contributed by atoms with Gasteiger partial charge in [-0.05, 0) is 24.3 Å². The van der Waals surface area contributed by atoms with E-state index in [1.54, 1.807) is 12.1 Å². The molecule has 0 aliphatic carbocycles. The van der Waals surface area contributed by atoms with Crippen molar-refractivity contribution in [3.63, 3.8) is 0 Å². The Morgan fingerprint density at radius 1 is 1.05 bits per heavy atom. The average molecular weight is 313 g/mol. The standard InChI is InChI=1S/C16H11FN2O2S/c17-11-7-5-10(6-8-11)15-12-3-1-2-4-13(12)16(19-18-15)22-9-14(20)21/h1-8H,9H2,(H,20,21)/p-1. The van der Waals surface area contributed by atoms with E-state index in [0.29, 0.717) is 10.7 Å². The van der Waals surface area contributed by atoms with Gasteiger partial charge in [-0.3, -0.25) is 0 Å². The monoisotopic (exact) mass is 313 g/mol. The van der Waals surface area contributed by atoms with Gasteiger partial charge in [0.25, 0.3) is 0 Å². The molecule has 2 aromatic carbocycles. The molecule has 3 aromatic rings. The first kappa shape index (κ1) is 14.5. The number of hydrogen-bond donors (Lipinski definition) is 0. The summed E-state index contributed by atoms with van der Waals surface area (Å²) in [4.78, 5) is 10.6. The highest BCUT2D eigenvalue weighted by Crippen LogP contribution is 2.31. The van der Waals surface area contributed by atoms with Gasteiger partial charge in [0.1, 0.15) is 16.5 Å². The number of carboxylic acids is 1. The molecule has 0 spiro atoms. The molecule has 0 saturated heterocycles. The van der Waals surface area contributed by atoms with Crippen LogP contribution in [0.25, 0.3) is 22.0 Å². The molecule has 0 unspecified atom stereocenters. The van der Waals surface area contributed by atoms with Gasteiger partial charge in [0.15, 0.2) is 0 Å². The second kappa shape index (κ2) is 6.11. The van der Waals surface area contributed by atoms with E-state index in [2.05, 4.69) is 10.2 Å². The van der Waals surface area contributed by atoms with Crippen LogP contribution in [0.3, 0.4) is 0 Å². The molecule has 0 fully saturated rings. The topological polar surface area (TPSA) is 65.9 Å². The Hall–Kier alpha value is -2.47. The number of nitrogens with zero attached hydrogens (tertiary/aromatic N) is 2. The minimum atomic E-state index is -1.15. The number of aliphatic carboxylic acids is 1. The maximum atomic E-state index is 13.1. The fraction of sp³-hybridized carbons (Fsp3) is 0.0625. The predicted molar refractivity (Wildman–Crippen MR) is 80.7 cm³/mol. The number of halogens is 1. The Morgan fingerprint density at radius 3 is 2.41 bits per heavy atom. The van der Waals surface area contributed by atoms with Crippen molar-refractivity contribution in [3.05, 3.63) is 54.3 Å². The van der Waals surface area contributed by atoms with Gasteiger partial charge in [-0.25, -0.2) is 4.39 Å². The molecule has 22 heavy (non-hydrogen) atoms. The van der Waals surface area contributed by atoms with Gasteiger partial charge in [-0.2, -0.15) is 0 Å². The molecule has 4 nitrogen and oxygen atoms in total. The summed E-state index contributed by atoms with van der Waals surface area (Å²) in [6, 6.07) is 13.5. The van der Waals surface area contributed by atoms with Crippen LogP contribution in [-0.2, 0) is 4.79 Å². The molecule has 0 bridgehead atoms. The number of fused-ring (bicyclic) bond motifs is 1. The van der Waals surface area contributed by atoms with Crippen LogP contribution < -0.4 is 5.11 Å². The van der Waals surface area contributed by atoms with Gasteiger partial charge in [-0.15, -0.1) is 10.2 Å². The SMILES string of the molecule is O=C([O-])CSc1nnc(-c2ccc(F)cc2)c2ccccc12. The third-order valence-corrected chi connectivity index (χ3v) is 4.05. The summed E-state index contributed by atoms with van der Waals surface area (Å²) in [5.41, 5.74) is 1.38. The summed E-state index contributed by atoms with van der Waals surface area (Å²) in [6.45, 7) is 0. The number of aromatic nitrogens is 2. The van der Waals surface area contributed by atoms with Crippen LogP contribution in [0.4, 0.5) is 4.39 Å². The molecule has 0 aliphatic rings. The number of thioether (sulfide) groups is 1. The van der Waals surface area contributed by atoms with Gasteiger partial charge in [0, 0.05) is 22.1 Å². The molecule has 0 saturated carbocycles. The van der Waals surface area contributed by atoms with Crippen LogP contribution in [0.15, 0.2) is 53.6 Å². The van der Waals surface area contributed by atoms with Crippen LogP contribution >= 0.6 is 11.8 Å². The largest absolute Gasteiger partial charge is 0.549 e. The maximum absolute atomic E-state index is 13.1. The van der Waals surface area contributed by atoms with E-state index in [-0.39, 0.29) is 11.6 Å². The lowest BCUT2D eigenvalue weighted by Gasteiger charge is -2.09. The van der Waals surface area contributed by atoms with Crippen LogP contribution in [0, 0.1) is 5.82 Å². The maximum Gasteiger partial charge on any atom is 0.127 e. The minimum Gasteiger partial charge on any atom is -0.549 e. The lowest BCUT2D eigenvalue weighted by molar-refractivity contribution is -0.301. The van der Waals surface area contributed by atoms with E-state index in [0.717, 1.165) is 28.1 Å². The molecule has 3 rings (SSSR count). The van der Waals surface area contributed by atoms with Gasteiger partial charge >= 0.3 is 0 Å². The summed E-state index contributed by atoms with van der Waals surface area (Å²) >= 11 is 1.07. The van der Waals surface area contributed by atoms with E-state index in [9.17, 15) is 14.3 Å². The van der Waals surface area contributed by atoms with Crippen LogP contribution in [0.1, 0.15) is 0 Å². The molecule has 1 aromatic heterocycles. The molecular weight excluding hydrogens is 303 g/mol. The van der Waals surface area contributed by atoms with Gasteiger partial charge < -0.3 is 9.90 Å². The minimum absolute atomic E-state index is 0.186. The Bertz CT molecular complexity index is 837. The zero-order chi connectivity index (χ0) is 15.5. The smallest absolute Gasteiger partial charge is 0.127 e. The predicted octanol–water partition coefficient (Wildman–Crippen LogP) is 2.28. The third-order valence-electron chi connectivity index (χ3n) is 3.10. The van der Waals surface area contributed by atoms with E-state index in [1.165, 1.54) is 12.1 Å². The third kappa shape index (κ3) is 2.92. The van der Waals surface area contributed by atoms with E-state index in [1.807, 2.05) is 24.3 Å². The second-order valence-electron chi connectivity index (χ2n) is 4.57. The van der Waals surface area contributed by atoms with Crippen molar-refractivity contribution in [3.8, 4) is 11.3 Å². The van der Waals surface area contributed by atoms with Crippen molar-refractivity contribution >= 4 is 28.5 Å². The molecule has 0 aliphatic heterocycles. The molecule has 110 valence electrons. The number of rotatable bonds is 4. The molecule has 1 heterocycles. The first-order chi connectivity index (χ1) is 10.6. The van der Waals surface area contributed by atoms with Crippen molar-refractivity contribution in [1.29, 1.82) is 0 Å². The molecule has 6 heteroatoms. The molecule has 0 atom stereocenters. The Balaban J connectivity index is 2.11. The number of carboxylic acid groups (broad SMARTS) is 1. The summed E-state index contributed by atoms with van der Waals surface area (Å²) < 4.78 is 13.1. The molecular formula is C16H10FN2O2S-. The quantitative estimate of drug-likeness (QED) is 0.691. The summed E-state index contributed by atoms with van der Waals surface area (Å²) in [6.07, 6.45) is 0. The normalized spacial score (nSPS) is 10.8. The van der Waals surface area contributed by atoms with Crippen molar-refractivity contribution in [2.75, 3.05) is 5.75 Å². The Labute approximate surface area is 130 Å². The van der Waals surface area contributed by atoms with E-state index < -0.39 is 5.97 Å². The highest BCUT2D eigenvalue weighted by Gasteiger charge is 2.11.